The SMILES string of the molecule is O=C1CCCC2=C1C(c1[nH]ncc1Cl)N=C(Nc1nc3cc(Br)ccc3o1)N2. The van der Waals surface area contributed by atoms with E-state index in [4.69, 9.17) is 16.0 Å². The minimum Gasteiger partial charge on any atom is -0.423 e. The molecule has 1 aromatic carbocycles. The van der Waals surface area contributed by atoms with Crippen LogP contribution < -0.4 is 10.6 Å². The Morgan fingerprint density at radius 2 is 2.21 bits per heavy atom. The number of nitrogens with zero attached hydrogens (tertiary/aromatic N) is 3. The van der Waals surface area contributed by atoms with Crippen molar-refractivity contribution >= 4 is 56.4 Å². The molecule has 0 bridgehead atoms. The number of oxazole rings is 1. The number of halogens is 2. The third kappa shape index (κ3) is 3.00. The molecule has 10 heteroatoms. The standard InChI is InChI=1S/C18H14BrClN6O2/c19-8-4-5-13-11(6-8)23-18(28-13)25-17-22-10-2-1-3-12(27)14(10)16(24-17)15-9(20)7-21-26-15/h4-7,16H,1-3H2,(H,21,26)(H2,22,23,24,25). The van der Waals surface area contributed by atoms with Crippen LogP contribution in [-0.2, 0) is 4.79 Å². The van der Waals surface area contributed by atoms with Crippen LogP contribution in [-0.4, -0.2) is 26.9 Å². The number of benzene rings is 1. The summed E-state index contributed by atoms with van der Waals surface area (Å²) in [4.78, 5) is 21.6. The quantitative estimate of drug-likeness (QED) is 0.530. The number of guanidine groups is 1. The van der Waals surface area contributed by atoms with Gasteiger partial charge in [0.15, 0.2) is 11.4 Å². The second kappa shape index (κ2) is 6.75. The fourth-order valence-corrected chi connectivity index (χ4v) is 4.02. The Morgan fingerprint density at radius 3 is 3.04 bits per heavy atom. The Balaban J connectivity index is 1.52. The molecule has 1 aliphatic carbocycles. The van der Waals surface area contributed by atoms with Gasteiger partial charge in [-0.15, -0.1) is 0 Å². The number of carbonyl (C=O) groups is 1. The number of hydrogen-bond acceptors (Lipinski definition) is 7. The van der Waals surface area contributed by atoms with Crippen molar-refractivity contribution in [3.05, 3.63) is 50.9 Å². The second-order valence-corrected chi connectivity index (χ2v) is 7.88. The summed E-state index contributed by atoms with van der Waals surface area (Å²) in [5.41, 5.74) is 3.43. The van der Waals surface area contributed by atoms with Crippen molar-refractivity contribution in [2.24, 2.45) is 4.99 Å². The van der Waals surface area contributed by atoms with Crippen molar-refractivity contribution in [1.82, 2.24) is 20.5 Å². The topological polar surface area (TPSA) is 108 Å². The molecule has 142 valence electrons. The predicted octanol–water partition coefficient (Wildman–Crippen LogP) is 4.09. The summed E-state index contributed by atoms with van der Waals surface area (Å²) in [6.07, 6.45) is 3.55. The lowest BCUT2D eigenvalue weighted by molar-refractivity contribution is -0.116. The van der Waals surface area contributed by atoms with Crippen molar-refractivity contribution in [1.29, 1.82) is 0 Å². The van der Waals surface area contributed by atoms with E-state index in [0.29, 0.717) is 45.8 Å². The molecule has 2 aliphatic rings. The number of ketones is 1. The summed E-state index contributed by atoms with van der Waals surface area (Å²) in [6.45, 7) is 0. The van der Waals surface area contributed by atoms with E-state index in [1.54, 1.807) is 0 Å². The number of Topliss-reactive ketones (excluding diaryl/α,β-unsaturated/α-hetero) is 1. The molecule has 3 aromatic rings. The van der Waals surface area contributed by atoms with Crippen LogP contribution in [0.25, 0.3) is 11.1 Å². The molecule has 0 saturated heterocycles. The highest BCUT2D eigenvalue weighted by Crippen LogP contribution is 2.38. The van der Waals surface area contributed by atoms with Crippen LogP contribution in [0.5, 0.6) is 0 Å². The fourth-order valence-electron chi connectivity index (χ4n) is 3.48. The summed E-state index contributed by atoms with van der Waals surface area (Å²) in [6, 6.07) is 5.34. The summed E-state index contributed by atoms with van der Waals surface area (Å²) >= 11 is 9.68. The Kier molecular flexibility index (Phi) is 4.21. The van der Waals surface area contributed by atoms with Gasteiger partial charge in [-0.05, 0) is 31.0 Å². The first-order valence-electron chi connectivity index (χ1n) is 8.71. The molecular formula is C18H14BrClN6O2. The number of carbonyl (C=O) groups excluding carboxylic acids is 1. The van der Waals surface area contributed by atoms with E-state index in [0.717, 1.165) is 23.0 Å². The lowest BCUT2D eigenvalue weighted by atomic mass is 9.88. The molecule has 0 saturated carbocycles. The number of H-pyrrole nitrogens is 1. The second-order valence-electron chi connectivity index (χ2n) is 6.56. The lowest BCUT2D eigenvalue weighted by Crippen LogP contribution is -2.38. The maximum absolute atomic E-state index is 12.6. The van der Waals surface area contributed by atoms with Gasteiger partial charge in [0.1, 0.15) is 11.6 Å². The van der Waals surface area contributed by atoms with E-state index in [2.05, 4.69) is 46.7 Å². The first-order valence-corrected chi connectivity index (χ1v) is 9.88. The summed E-state index contributed by atoms with van der Waals surface area (Å²) < 4.78 is 6.65. The first kappa shape index (κ1) is 17.4. The number of hydrogen-bond donors (Lipinski definition) is 3. The molecule has 1 atom stereocenters. The van der Waals surface area contributed by atoms with Crippen molar-refractivity contribution in [3.8, 4) is 0 Å². The van der Waals surface area contributed by atoms with Gasteiger partial charge in [-0.2, -0.15) is 10.1 Å². The molecule has 1 unspecified atom stereocenters. The van der Waals surface area contributed by atoms with Gasteiger partial charge in [0.05, 0.1) is 16.9 Å². The molecule has 3 heterocycles. The maximum Gasteiger partial charge on any atom is 0.302 e. The molecule has 8 nitrogen and oxygen atoms in total. The van der Waals surface area contributed by atoms with Crippen LogP contribution >= 0.6 is 27.5 Å². The highest BCUT2D eigenvalue weighted by Gasteiger charge is 2.34. The largest absolute Gasteiger partial charge is 0.423 e. The molecule has 1 aliphatic heterocycles. The highest BCUT2D eigenvalue weighted by atomic mass is 79.9. The third-order valence-electron chi connectivity index (χ3n) is 4.73. The van der Waals surface area contributed by atoms with Crippen LogP contribution in [0.1, 0.15) is 31.0 Å². The fraction of sp³-hybridized carbons (Fsp3) is 0.222. The van der Waals surface area contributed by atoms with Gasteiger partial charge in [0, 0.05) is 22.2 Å². The van der Waals surface area contributed by atoms with Crippen molar-refractivity contribution in [3.63, 3.8) is 0 Å². The summed E-state index contributed by atoms with van der Waals surface area (Å²) in [5.74, 6) is 0.508. The number of rotatable bonds is 2. The van der Waals surface area contributed by atoms with Gasteiger partial charge < -0.3 is 9.73 Å². The van der Waals surface area contributed by atoms with Crippen LogP contribution in [0, 0.1) is 0 Å². The monoisotopic (exact) mass is 460 g/mol. The van der Waals surface area contributed by atoms with Gasteiger partial charge in [-0.1, -0.05) is 27.5 Å². The predicted molar refractivity (Wildman–Crippen MR) is 108 cm³/mol. The molecule has 3 N–H and O–H groups in total. The zero-order valence-electron chi connectivity index (χ0n) is 14.4. The Labute approximate surface area is 172 Å². The maximum atomic E-state index is 12.6. The van der Waals surface area contributed by atoms with Gasteiger partial charge in [-0.3, -0.25) is 15.2 Å². The minimum atomic E-state index is -0.555. The Morgan fingerprint density at radius 1 is 1.32 bits per heavy atom. The van der Waals surface area contributed by atoms with E-state index >= 15 is 0 Å². The van der Waals surface area contributed by atoms with E-state index in [9.17, 15) is 4.79 Å². The average Bonchev–Trinajstić information content (AvgIpc) is 3.26. The number of aromatic amines is 1. The van der Waals surface area contributed by atoms with Crippen LogP contribution in [0.4, 0.5) is 6.01 Å². The molecule has 5 rings (SSSR count). The van der Waals surface area contributed by atoms with E-state index in [1.165, 1.54) is 6.20 Å². The third-order valence-corrected chi connectivity index (χ3v) is 5.52. The summed E-state index contributed by atoms with van der Waals surface area (Å²) in [5, 5.41) is 13.6. The molecule has 28 heavy (non-hydrogen) atoms. The van der Waals surface area contributed by atoms with Crippen molar-refractivity contribution in [2.75, 3.05) is 5.32 Å². The number of aromatic nitrogens is 3. The van der Waals surface area contributed by atoms with E-state index < -0.39 is 6.04 Å². The molecule has 0 amide bonds. The first-order chi connectivity index (χ1) is 13.6. The van der Waals surface area contributed by atoms with Gasteiger partial charge in [0.25, 0.3) is 0 Å². The van der Waals surface area contributed by atoms with Crippen LogP contribution in [0.3, 0.4) is 0 Å². The molecular weight excluding hydrogens is 448 g/mol. The minimum absolute atomic E-state index is 0.0685. The van der Waals surface area contributed by atoms with Gasteiger partial charge >= 0.3 is 6.01 Å². The normalized spacial score (nSPS) is 19.4. The van der Waals surface area contributed by atoms with Crippen molar-refractivity contribution < 1.29 is 9.21 Å². The average molecular weight is 462 g/mol. The molecule has 0 spiro atoms. The lowest BCUT2D eigenvalue weighted by Gasteiger charge is -2.29. The zero-order valence-corrected chi connectivity index (χ0v) is 16.8. The zero-order chi connectivity index (χ0) is 19.3. The number of anilines is 1. The number of fused-ring (bicyclic) bond motifs is 1. The van der Waals surface area contributed by atoms with Gasteiger partial charge in [-0.25, -0.2) is 4.99 Å². The smallest absolute Gasteiger partial charge is 0.302 e. The van der Waals surface area contributed by atoms with E-state index in [1.807, 2.05) is 18.2 Å². The van der Waals surface area contributed by atoms with Crippen molar-refractivity contribution in [2.45, 2.75) is 25.3 Å². The molecule has 2 aromatic heterocycles. The number of nitrogens with one attached hydrogen (secondary N) is 3. The van der Waals surface area contributed by atoms with Crippen LogP contribution in [0.15, 0.2) is 49.5 Å². The molecule has 0 fully saturated rings. The number of aliphatic imine (C=N–C) groups is 1. The van der Waals surface area contributed by atoms with Crippen LogP contribution in [0.2, 0.25) is 5.02 Å². The molecule has 0 radical (unpaired) electrons. The number of allylic oxidation sites excluding steroid dienone is 1. The highest BCUT2D eigenvalue weighted by molar-refractivity contribution is 9.10. The van der Waals surface area contributed by atoms with E-state index in [-0.39, 0.29) is 5.78 Å². The Hall–Kier alpha value is -2.65. The summed E-state index contributed by atoms with van der Waals surface area (Å²) in [7, 11) is 0. The van der Waals surface area contributed by atoms with Gasteiger partial charge in [0.2, 0.25) is 5.96 Å². The Bertz CT molecular complexity index is 1160.